The molecule has 2 aliphatic carbocycles. The first kappa shape index (κ1) is 21.0. The number of piperidine rings is 1. The van der Waals surface area contributed by atoms with Crippen LogP contribution in [0.5, 0.6) is 0 Å². The third-order valence-corrected chi connectivity index (χ3v) is 9.92. The summed E-state index contributed by atoms with van der Waals surface area (Å²) in [4.78, 5) is 8.23. The molecule has 3 heterocycles. The maximum absolute atomic E-state index is 13.1. The van der Waals surface area contributed by atoms with Crippen LogP contribution in [0.3, 0.4) is 0 Å². The van der Waals surface area contributed by atoms with Gasteiger partial charge in [0.05, 0.1) is 17.9 Å². The van der Waals surface area contributed by atoms with Gasteiger partial charge in [0.1, 0.15) is 4.75 Å². The minimum absolute atomic E-state index is 0.109. The Bertz CT molecular complexity index is 1110. The van der Waals surface area contributed by atoms with E-state index in [1.165, 1.54) is 29.7 Å². The van der Waals surface area contributed by atoms with Crippen molar-refractivity contribution in [3.8, 4) is 0 Å². The molecule has 1 aliphatic heterocycles. The van der Waals surface area contributed by atoms with Gasteiger partial charge in [0.15, 0.2) is 0 Å². The lowest BCUT2D eigenvalue weighted by Crippen LogP contribution is -2.49. The number of benzene rings is 1. The number of imidazole rings is 1. The zero-order valence-electron chi connectivity index (χ0n) is 19.0. The van der Waals surface area contributed by atoms with E-state index >= 15 is 0 Å². The molecule has 1 unspecified atom stereocenters. The molecule has 3 aromatic rings. The van der Waals surface area contributed by atoms with Gasteiger partial charge >= 0.3 is 0 Å². The van der Waals surface area contributed by atoms with E-state index < -0.39 is 11.4 Å². The van der Waals surface area contributed by atoms with E-state index in [-0.39, 0.29) is 16.2 Å². The van der Waals surface area contributed by atoms with Crippen molar-refractivity contribution in [2.24, 2.45) is 5.41 Å². The summed E-state index contributed by atoms with van der Waals surface area (Å²) in [7, 11) is 0. The van der Waals surface area contributed by atoms with Crippen molar-refractivity contribution in [2.75, 3.05) is 18.0 Å². The molecule has 1 saturated heterocycles. The number of nitrogens with zero attached hydrogens (tertiary/aromatic N) is 4. The molecule has 3 aliphatic rings. The van der Waals surface area contributed by atoms with Crippen LogP contribution in [0.25, 0.3) is 4.96 Å². The van der Waals surface area contributed by atoms with Gasteiger partial charge in [-0.05, 0) is 64.0 Å². The zero-order valence-corrected chi connectivity index (χ0v) is 20.6. The van der Waals surface area contributed by atoms with Gasteiger partial charge in [-0.15, -0.1) is 9.82 Å². The summed E-state index contributed by atoms with van der Waals surface area (Å²) in [5.74, 6) is 0.661. The van der Waals surface area contributed by atoms with Crippen molar-refractivity contribution >= 4 is 32.8 Å². The Morgan fingerprint density at radius 1 is 1.19 bits per heavy atom. The first-order valence-corrected chi connectivity index (χ1v) is 13.7. The van der Waals surface area contributed by atoms with Gasteiger partial charge < -0.3 is 9.45 Å². The minimum Gasteiger partial charge on any atom is -0.598 e. The molecule has 8 heteroatoms. The Morgan fingerprint density at radius 2 is 1.94 bits per heavy atom. The summed E-state index contributed by atoms with van der Waals surface area (Å²) in [6, 6.07) is 8.85. The van der Waals surface area contributed by atoms with Gasteiger partial charge in [-0.1, -0.05) is 35.6 Å². The van der Waals surface area contributed by atoms with E-state index in [0.717, 1.165) is 42.4 Å². The van der Waals surface area contributed by atoms with Crippen LogP contribution in [0.2, 0.25) is 0 Å². The van der Waals surface area contributed by atoms with E-state index in [4.69, 9.17) is 10.1 Å². The molecule has 0 bridgehead atoms. The fraction of sp³-hybridized carbons (Fsp3) is 0.583. The largest absolute Gasteiger partial charge is 0.598 e. The maximum atomic E-state index is 13.1. The Balaban J connectivity index is 1.22. The lowest BCUT2D eigenvalue weighted by Gasteiger charge is -2.43. The first-order chi connectivity index (χ1) is 15.3. The Labute approximate surface area is 196 Å². The molecule has 2 atom stereocenters. The van der Waals surface area contributed by atoms with Gasteiger partial charge in [-0.25, -0.2) is 9.50 Å². The van der Waals surface area contributed by atoms with E-state index in [0.29, 0.717) is 5.92 Å². The predicted octanol–water partition coefficient (Wildman–Crippen LogP) is 4.60. The highest BCUT2D eigenvalue weighted by atomic mass is 32.2. The van der Waals surface area contributed by atoms with E-state index in [1.54, 1.807) is 11.3 Å². The van der Waals surface area contributed by atoms with Crippen LogP contribution in [-0.4, -0.2) is 37.0 Å². The minimum atomic E-state index is -1.10. The highest BCUT2D eigenvalue weighted by Gasteiger charge is 2.50. The quantitative estimate of drug-likeness (QED) is 0.566. The molecule has 0 radical (unpaired) electrons. The first-order valence-electron chi connectivity index (χ1n) is 11.7. The average Bonchev–Trinajstić information content (AvgIpc) is 3.32. The zero-order chi connectivity index (χ0) is 22.1. The topological polar surface area (TPSA) is 68.5 Å². The molecular weight excluding hydrogens is 438 g/mol. The van der Waals surface area contributed by atoms with Crippen molar-refractivity contribution in [1.82, 2.24) is 19.3 Å². The second-order valence-corrected chi connectivity index (χ2v) is 13.6. The highest BCUT2D eigenvalue weighted by Crippen LogP contribution is 2.53. The van der Waals surface area contributed by atoms with Crippen molar-refractivity contribution in [1.29, 1.82) is 0 Å². The monoisotopic (exact) mass is 469 g/mol. The lowest BCUT2D eigenvalue weighted by atomic mass is 9.73. The summed E-state index contributed by atoms with van der Waals surface area (Å²) >= 11 is 0.607. The SMILES string of the molecule is CC(C)(C)[S+]([O-])N[C@@H]1c2ccccc2CC12CCN(c1nn3cc(C4CC4)nc3s1)CC2. The van der Waals surface area contributed by atoms with Crippen LogP contribution in [0.4, 0.5) is 5.13 Å². The van der Waals surface area contributed by atoms with Crippen molar-refractivity contribution in [3.05, 3.63) is 47.3 Å². The molecule has 2 aromatic heterocycles. The third kappa shape index (κ3) is 3.56. The van der Waals surface area contributed by atoms with Crippen molar-refractivity contribution in [2.45, 2.75) is 69.6 Å². The van der Waals surface area contributed by atoms with E-state index in [1.807, 2.05) is 25.3 Å². The standard InChI is InChI=1S/C24H31N5OS2/c1-23(2,3)32(30)27-20-18-7-5-4-6-17(18)14-24(20)10-12-28(13-11-24)22-26-29-15-19(16-8-9-16)25-21(29)31-22/h4-7,15-16,20,27H,8-14H2,1-3H3/t20-,32?/m1/s1. The number of fused-ring (bicyclic) bond motifs is 2. The number of nitrogens with one attached hydrogen (secondary N) is 1. The smallest absolute Gasteiger partial charge is 0.214 e. The van der Waals surface area contributed by atoms with Gasteiger partial charge in [0, 0.05) is 35.8 Å². The number of aromatic nitrogens is 3. The molecule has 1 saturated carbocycles. The number of hydrogen-bond donors (Lipinski definition) is 1. The fourth-order valence-electron chi connectivity index (χ4n) is 5.28. The number of hydrogen-bond acceptors (Lipinski definition) is 6. The second-order valence-electron chi connectivity index (χ2n) is 10.7. The Kier molecular flexibility index (Phi) is 4.88. The molecular formula is C24H31N5OS2. The van der Waals surface area contributed by atoms with Crippen LogP contribution in [-0.2, 0) is 17.8 Å². The molecule has 32 heavy (non-hydrogen) atoms. The normalized spacial score (nSPS) is 23.8. The van der Waals surface area contributed by atoms with Gasteiger partial charge in [-0.2, -0.15) is 0 Å². The maximum Gasteiger partial charge on any atom is 0.214 e. The second kappa shape index (κ2) is 7.45. The summed E-state index contributed by atoms with van der Waals surface area (Å²) < 4.78 is 18.3. The number of rotatable bonds is 4. The highest BCUT2D eigenvalue weighted by molar-refractivity contribution is 7.90. The van der Waals surface area contributed by atoms with Crippen molar-refractivity contribution < 1.29 is 4.55 Å². The summed E-state index contributed by atoms with van der Waals surface area (Å²) in [6.45, 7) is 8.07. The van der Waals surface area contributed by atoms with Crippen LogP contribution >= 0.6 is 11.3 Å². The van der Waals surface area contributed by atoms with E-state index in [9.17, 15) is 4.55 Å². The predicted molar refractivity (Wildman–Crippen MR) is 131 cm³/mol. The molecule has 2 fully saturated rings. The van der Waals surface area contributed by atoms with Crippen LogP contribution in [0, 0.1) is 5.41 Å². The molecule has 6 nitrogen and oxygen atoms in total. The van der Waals surface area contributed by atoms with Crippen LogP contribution in [0.15, 0.2) is 30.5 Å². The molecule has 1 spiro atoms. The Morgan fingerprint density at radius 3 is 2.62 bits per heavy atom. The third-order valence-electron chi connectivity index (χ3n) is 7.38. The van der Waals surface area contributed by atoms with Gasteiger partial charge in [0.2, 0.25) is 10.1 Å². The summed E-state index contributed by atoms with van der Waals surface area (Å²) in [5.41, 5.74) is 4.05. The lowest BCUT2D eigenvalue weighted by molar-refractivity contribution is 0.176. The summed E-state index contributed by atoms with van der Waals surface area (Å²) in [6.07, 6.45) is 7.84. The average molecular weight is 470 g/mol. The van der Waals surface area contributed by atoms with Crippen LogP contribution < -0.4 is 9.62 Å². The van der Waals surface area contributed by atoms with Crippen LogP contribution in [0.1, 0.15) is 75.2 Å². The molecule has 6 rings (SSSR count). The van der Waals surface area contributed by atoms with Gasteiger partial charge in [-0.3, -0.25) is 0 Å². The van der Waals surface area contributed by atoms with Gasteiger partial charge in [0.25, 0.3) is 0 Å². The molecule has 1 N–H and O–H groups in total. The number of anilines is 1. The molecule has 0 amide bonds. The van der Waals surface area contributed by atoms with Crippen molar-refractivity contribution in [3.63, 3.8) is 0 Å². The Hall–Kier alpha value is -1.61. The molecule has 170 valence electrons. The summed E-state index contributed by atoms with van der Waals surface area (Å²) in [5, 5.41) is 5.93. The molecule has 1 aromatic carbocycles. The van der Waals surface area contributed by atoms with E-state index in [2.05, 4.69) is 40.1 Å². The fourth-order valence-corrected chi connectivity index (χ4v) is 7.17.